The molecule has 2 aromatic rings. The second-order valence-corrected chi connectivity index (χ2v) is 5.05. The van der Waals surface area contributed by atoms with E-state index in [2.05, 4.69) is 84.8 Å². The minimum absolute atomic E-state index is 1.11. The first-order valence-corrected chi connectivity index (χ1v) is 7.11. The van der Waals surface area contributed by atoms with Crippen molar-refractivity contribution in [3.63, 3.8) is 0 Å². The van der Waals surface area contributed by atoms with E-state index in [1.807, 2.05) is 0 Å². The quantitative estimate of drug-likeness (QED) is 0.760. The van der Waals surface area contributed by atoms with Gasteiger partial charge in [-0.2, -0.15) is 0 Å². The van der Waals surface area contributed by atoms with Crippen LogP contribution in [0.25, 0.3) is 5.57 Å². The lowest BCUT2D eigenvalue weighted by Gasteiger charge is -2.27. The molecule has 1 aliphatic carbocycles. The molecule has 0 N–H and O–H groups in total. The average Bonchev–Trinajstić information content (AvgIpc) is 2.56. The Hall–Kier alpha value is -2.28. The Morgan fingerprint density at radius 3 is 2.05 bits per heavy atom. The molecular weight excluding hydrogens is 242 g/mol. The van der Waals surface area contributed by atoms with E-state index in [-0.39, 0.29) is 0 Å². The molecule has 20 heavy (non-hydrogen) atoms. The summed E-state index contributed by atoms with van der Waals surface area (Å²) in [6.07, 6.45) is 6.93. The summed E-state index contributed by atoms with van der Waals surface area (Å²) in [6, 6.07) is 21.2. The number of likely N-dealkylation sites (N-methyl/N-ethyl adjacent to an activating group) is 1. The summed E-state index contributed by atoms with van der Waals surface area (Å²) < 4.78 is 0. The standard InChI is InChI=1S/C19H19N/c1-20(17-12-6-3-7-13-17)19-15-9-8-14-18(19)16-10-4-2-5-11-16/h2-7,10-15H,8-9H2,1H3. The Kier molecular flexibility index (Phi) is 3.69. The van der Waals surface area contributed by atoms with Gasteiger partial charge in [0.25, 0.3) is 0 Å². The highest BCUT2D eigenvalue weighted by atomic mass is 15.1. The molecule has 0 fully saturated rings. The number of para-hydroxylation sites is 1. The molecule has 0 amide bonds. The van der Waals surface area contributed by atoms with Crippen LogP contribution in [-0.4, -0.2) is 7.05 Å². The molecule has 0 saturated carbocycles. The van der Waals surface area contributed by atoms with Gasteiger partial charge in [0.1, 0.15) is 0 Å². The van der Waals surface area contributed by atoms with E-state index >= 15 is 0 Å². The Morgan fingerprint density at radius 1 is 0.750 bits per heavy atom. The van der Waals surface area contributed by atoms with Crippen molar-refractivity contribution in [3.05, 3.63) is 84.1 Å². The minimum Gasteiger partial charge on any atom is -0.344 e. The highest BCUT2D eigenvalue weighted by molar-refractivity contribution is 5.84. The van der Waals surface area contributed by atoms with Gasteiger partial charge in [-0.05, 0) is 30.5 Å². The van der Waals surface area contributed by atoms with E-state index in [0.29, 0.717) is 0 Å². The summed E-state index contributed by atoms with van der Waals surface area (Å²) in [6.45, 7) is 0. The van der Waals surface area contributed by atoms with Crippen molar-refractivity contribution in [2.24, 2.45) is 0 Å². The van der Waals surface area contributed by atoms with Gasteiger partial charge in [0.15, 0.2) is 0 Å². The normalized spacial score (nSPS) is 14.4. The van der Waals surface area contributed by atoms with E-state index in [9.17, 15) is 0 Å². The molecule has 0 radical (unpaired) electrons. The smallest absolute Gasteiger partial charge is 0.0444 e. The summed E-state index contributed by atoms with van der Waals surface area (Å²) in [5, 5.41) is 0. The lowest BCUT2D eigenvalue weighted by molar-refractivity contribution is 0.991. The topological polar surface area (TPSA) is 3.24 Å². The fourth-order valence-corrected chi connectivity index (χ4v) is 2.65. The van der Waals surface area contributed by atoms with Gasteiger partial charge >= 0.3 is 0 Å². The number of hydrogen-bond acceptors (Lipinski definition) is 1. The third kappa shape index (κ3) is 2.53. The Balaban J connectivity index is 1.96. The maximum atomic E-state index is 2.35. The molecule has 0 aromatic heterocycles. The van der Waals surface area contributed by atoms with Crippen molar-refractivity contribution in [1.29, 1.82) is 0 Å². The Morgan fingerprint density at radius 2 is 1.35 bits per heavy atom. The molecule has 0 saturated heterocycles. The summed E-state index contributed by atoms with van der Waals surface area (Å²) in [7, 11) is 2.14. The zero-order chi connectivity index (χ0) is 13.8. The molecule has 2 aromatic carbocycles. The Labute approximate surface area is 120 Å². The molecule has 0 unspecified atom stereocenters. The molecular formula is C19H19N. The summed E-state index contributed by atoms with van der Waals surface area (Å²) in [5.41, 5.74) is 5.15. The van der Waals surface area contributed by atoms with E-state index in [4.69, 9.17) is 0 Å². The maximum absolute atomic E-state index is 2.35. The second kappa shape index (κ2) is 5.79. The van der Waals surface area contributed by atoms with Gasteiger partial charge in [-0.25, -0.2) is 0 Å². The SMILES string of the molecule is CN(C1=CCCC=C1c1ccccc1)c1ccccc1. The van der Waals surface area contributed by atoms with Gasteiger partial charge in [0, 0.05) is 24.0 Å². The molecule has 0 atom stereocenters. The first kappa shape index (κ1) is 12.7. The van der Waals surface area contributed by atoms with Crippen molar-refractivity contribution in [3.8, 4) is 0 Å². The lowest BCUT2D eigenvalue weighted by Crippen LogP contribution is -2.18. The molecule has 1 heteroatoms. The third-order valence-corrected chi connectivity index (χ3v) is 3.72. The van der Waals surface area contributed by atoms with Crippen LogP contribution in [0.1, 0.15) is 18.4 Å². The summed E-state index contributed by atoms with van der Waals surface area (Å²) in [4.78, 5) is 2.28. The van der Waals surface area contributed by atoms with Gasteiger partial charge in [0.05, 0.1) is 0 Å². The zero-order valence-electron chi connectivity index (χ0n) is 11.8. The van der Waals surface area contributed by atoms with Crippen molar-refractivity contribution in [2.45, 2.75) is 12.8 Å². The van der Waals surface area contributed by atoms with Gasteiger partial charge in [-0.1, -0.05) is 60.7 Å². The Bertz CT molecular complexity index is 623. The van der Waals surface area contributed by atoms with Gasteiger partial charge < -0.3 is 4.90 Å². The van der Waals surface area contributed by atoms with Crippen LogP contribution in [0, 0.1) is 0 Å². The van der Waals surface area contributed by atoms with Crippen molar-refractivity contribution < 1.29 is 0 Å². The number of allylic oxidation sites excluding steroid dienone is 3. The molecule has 3 rings (SSSR count). The first-order valence-electron chi connectivity index (χ1n) is 7.11. The highest BCUT2D eigenvalue weighted by Crippen LogP contribution is 2.32. The van der Waals surface area contributed by atoms with Crippen LogP contribution >= 0.6 is 0 Å². The molecule has 100 valence electrons. The number of anilines is 1. The van der Waals surface area contributed by atoms with E-state index < -0.39 is 0 Å². The van der Waals surface area contributed by atoms with Crippen molar-refractivity contribution in [2.75, 3.05) is 11.9 Å². The van der Waals surface area contributed by atoms with Gasteiger partial charge in [0.2, 0.25) is 0 Å². The van der Waals surface area contributed by atoms with Crippen molar-refractivity contribution in [1.82, 2.24) is 0 Å². The van der Waals surface area contributed by atoms with Gasteiger partial charge in [-0.15, -0.1) is 0 Å². The number of rotatable bonds is 3. The predicted molar refractivity (Wildman–Crippen MR) is 86.6 cm³/mol. The fraction of sp³-hybridized carbons (Fsp3) is 0.158. The monoisotopic (exact) mass is 261 g/mol. The molecule has 0 bridgehead atoms. The fourth-order valence-electron chi connectivity index (χ4n) is 2.65. The van der Waals surface area contributed by atoms with Crippen LogP contribution in [0.2, 0.25) is 0 Å². The average molecular weight is 261 g/mol. The maximum Gasteiger partial charge on any atom is 0.0444 e. The summed E-state index contributed by atoms with van der Waals surface area (Å²) in [5.74, 6) is 0. The van der Waals surface area contributed by atoms with E-state index in [1.165, 1.54) is 22.5 Å². The highest BCUT2D eigenvalue weighted by Gasteiger charge is 2.15. The number of hydrogen-bond donors (Lipinski definition) is 0. The molecule has 0 heterocycles. The van der Waals surface area contributed by atoms with Crippen molar-refractivity contribution >= 4 is 11.3 Å². The zero-order valence-corrected chi connectivity index (χ0v) is 11.8. The molecule has 0 spiro atoms. The van der Waals surface area contributed by atoms with Gasteiger partial charge in [-0.3, -0.25) is 0 Å². The van der Waals surface area contributed by atoms with E-state index in [0.717, 1.165) is 12.8 Å². The molecule has 1 nitrogen and oxygen atoms in total. The lowest BCUT2D eigenvalue weighted by atomic mass is 9.95. The second-order valence-electron chi connectivity index (χ2n) is 5.05. The first-order chi connectivity index (χ1) is 9.86. The molecule has 0 aliphatic heterocycles. The third-order valence-electron chi connectivity index (χ3n) is 3.72. The summed E-state index contributed by atoms with van der Waals surface area (Å²) >= 11 is 0. The largest absolute Gasteiger partial charge is 0.344 e. The van der Waals surface area contributed by atoms with Crippen LogP contribution < -0.4 is 4.90 Å². The number of benzene rings is 2. The molecule has 1 aliphatic rings. The van der Waals surface area contributed by atoms with Crippen LogP contribution in [0.15, 0.2) is 78.5 Å². The van der Waals surface area contributed by atoms with Crippen LogP contribution in [-0.2, 0) is 0 Å². The number of nitrogens with zero attached hydrogens (tertiary/aromatic N) is 1. The van der Waals surface area contributed by atoms with Crippen LogP contribution in [0.5, 0.6) is 0 Å². The van der Waals surface area contributed by atoms with Crippen LogP contribution in [0.3, 0.4) is 0 Å². The van der Waals surface area contributed by atoms with E-state index in [1.54, 1.807) is 0 Å². The predicted octanol–water partition coefficient (Wildman–Crippen LogP) is 4.88. The van der Waals surface area contributed by atoms with Crippen LogP contribution in [0.4, 0.5) is 5.69 Å². The minimum atomic E-state index is 1.11.